The minimum atomic E-state index is -0.146. The summed E-state index contributed by atoms with van der Waals surface area (Å²) in [5, 5.41) is 11.9. The number of esters is 1. The zero-order valence-corrected chi connectivity index (χ0v) is 29.2. The lowest BCUT2D eigenvalue weighted by Crippen LogP contribution is -3.00. The molecule has 0 amide bonds. The Morgan fingerprint density at radius 2 is 1.35 bits per heavy atom. The van der Waals surface area contributed by atoms with Crippen LogP contribution in [0.2, 0.25) is 0 Å². The molecule has 6 fully saturated rings. The molecule has 0 aromatic heterocycles. The highest BCUT2D eigenvalue weighted by Crippen LogP contribution is 2.67. The second kappa shape index (κ2) is 12.0. The summed E-state index contributed by atoms with van der Waals surface area (Å²) in [5.74, 6) is 2.76. The third-order valence-electron chi connectivity index (χ3n) is 14.2. The van der Waals surface area contributed by atoms with E-state index in [9.17, 15) is 9.90 Å². The summed E-state index contributed by atoms with van der Waals surface area (Å²) in [7, 11) is 4.94. The molecule has 7 heteroatoms. The molecule has 2 aliphatic heterocycles. The number of likely N-dealkylation sites (tertiary alicyclic amines) is 2. The zero-order chi connectivity index (χ0) is 26.9. The van der Waals surface area contributed by atoms with Gasteiger partial charge in [0.1, 0.15) is 18.2 Å². The van der Waals surface area contributed by atoms with E-state index >= 15 is 0 Å². The van der Waals surface area contributed by atoms with Gasteiger partial charge in [0.15, 0.2) is 6.10 Å². The number of carbonyl (C=O) groups excluding carboxylic acids is 1. The summed E-state index contributed by atoms with van der Waals surface area (Å²) >= 11 is 0. The van der Waals surface area contributed by atoms with Crippen molar-refractivity contribution in [1.29, 1.82) is 0 Å². The number of likely N-dealkylation sites (N-methyl/N-ethyl adjacent to an activating group) is 2. The van der Waals surface area contributed by atoms with Gasteiger partial charge in [0.05, 0.1) is 40.3 Å². The van der Waals surface area contributed by atoms with Crippen LogP contribution in [-0.2, 0) is 9.53 Å². The highest BCUT2D eigenvalue weighted by molar-refractivity contribution is 5.66. The maximum Gasteiger partial charge on any atom is 0.303 e. The molecule has 10 atom stereocenters. The molecule has 2 saturated heterocycles. The third-order valence-corrected chi connectivity index (χ3v) is 14.2. The fourth-order valence-corrected chi connectivity index (χ4v) is 11.9. The van der Waals surface area contributed by atoms with Crippen LogP contribution in [0, 0.1) is 34.5 Å². The fourth-order valence-electron chi connectivity index (χ4n) is 11.9. The number of aliphatic hydroxyl groups excluding tert-OH is 1. The number of ether oxygens (including phenoxy) is 1. The Bertz CT molecular complexity index is 906. The van der Waals surface area contributed by atoms with Gasteiger partial charge in [-0.25, -0.2) is 0 Å². The van der Waals surface area contributed by atoms with Gasteiger partial charge >= 0.3 is 5.97 Å². The van der Waals surface area contributed by atoms with E-state index in [0.717, 1.165) is 27.2 Å². The largest absolute Gasteiger partial charge is 1.00 e. The number of aliphatic hydroxyl groups is 1. The highest BCUT2D eigenvalue weighted by Gasteiger charge is 2.66. The van der Waals surface area contributed by atoms with E-state index in [1.165, 1.54) is 103 Å². The Balaban J connectivity index is 0.00000185. The molecule has 4 aliphatic carbocycles. The SMILES string of the molecule is CC(=O)O[C@H]1C[C@@H]2CC[C@@H]3[C@H](CC[C@]4(C)[C@@H](O)[C@@H]([N+]5(C)CCCCC5)C[C@@H]34)[C@@]2(C)C[C@@H]1[N+]1(C)CCCCC1.[Br-].[Br-]. The van der Waals surface area contributed by atoms with Gasteiger partial charge in [-0.15, -0.1) is 0 Å². The molecule has 40 heavy (non-hydrogen) atoms. The molecular formula is C33H58Br2N2O3. The molecule has 232 valence electrons. The van der Waals surface area contributed by atoms with Crippen molar-refractivity contribution in [2.24, 2.45) is 34.5 Å². The summed E-state index contributed by atoms with van der Waals surface area (Å²) in [6.07, 6.45) is 16.5. The third kappa shape index (κ3) is 5.30. The average Bonchev–Trinajstić information content (AvgIpc) is 3.16. The maximum absolute atomic E-state index is 12.2. The first-order chi connectivity index (χ1) is 18.0. The smallest absolute Gasteiger partial charge is 0.303 e. The zero-order valence-electron chi connectivity index (χ0n) is 26.1. The summed E-state index contributed by atoms with van der Waals surface area (Å²) in [4.78, 5) is 12.2. The lowest BCUT2D eigenvalue weighted by atomic mass is 9.44. The molecule has 6 aliphatic rings. The highest BCUT2D eigenvalue weighted by atomic mass is 79.9. The van der Waals surface area contributed by atoms with E-state index in [1.54, 1.807) is 6.92 Å². The van der Waals surface area contributed by atoms with Crippen molar-refractivity contribution in [1.82, 2.24) is 0 Å². The van der Waals surface area contributed by atoms with Gasteiger partial charge in [0, 0.05) is 25.2 Å². The van der Waals surface area contributed by atoms with Crippen LogP contribution in [0.1, 0.15) is 104 Å². The summed E-state index contributed by atoms with van der Waals surface area (Å²) in [6, 6.07) is 0.868. The van der Waals surface area contributed by atoms with Gasteiger partial charge in [-0.3, -0.25) is 4.79 Å². The molecule has 0 unspecified atom stereocenters. The Kier molecular flexibility index (Phi) is 9.97. The predicted octanol–water partition coefficient (Wildman–Crippen LogP) is -0.452. The molecule has 1 N–H and O–H groups in total. The molecular weight excluding hydrogens is 632 g/mol. The number of rotatable bonds is 3. The molecule has 0 spiro atoms. The van der Waals surface area contributed by atoms with E-state index in [2.05, 4.69) is 27.9 Å². The van der Waals surface area contributed by atoms with Crippen LogP contribution >= 0.6 is 0 Å². The minimum absolute atomic E-state index is 0. The average molecular weight is 691 g/mol. The van der Waals surface area contributed by atoms with E-state index < -0.39 is 0 Å². The van der Waals surface area contributed by atoms with Crippen molar-refractivity contribution in [3.8, 4) is 0 Å². The molecule has 0 aromatic carbocycles. The number of carbonyl (C=O) groups is 1. The van der Waals surface area contributed by atoms with Crippen LogP contribution < -0.4 is 34.0 Å². The predicted molar refractivity (Wildman–Crippen MR) is 151 cm³/mol. The number of fused-ring (bicyclic) bond motifs is 5. The van der Waals surface area contributed by atoms with Crippen LogP contribution in [0.5, 0.6) is 0 Å². The second-order valence-electron chi connectivity index (χ2n) is 16.1. The van der Waals surface area contributed by atoms with E-state index in [-0.39, 0.29) is 57.6 Å². The summed E-state index contributed by atoms with van der Waals surface area (Å²) < 4.78 is 8.38. The Morgan fingerprint density at radius 1 is 0.775 bits per heavy atom. The van der Waals surface area contributed by atoms with Crippen LogP contribution in [0.25, 0.3) is 0 Å². The van der Waals surface area contributed by atoms with E-state index in [4.69, 9.17) is 4.74 Å². The van der Waals surface area contributed by atoms with Crippen LogP contribution in [0.3, 0.4) is 0 Å². The first kappa shape index (κ1) is 33.2. The molecule has 4 saturated carbocycles. The van der Waals surface area contributed by atoms with Gasteiger partial charge in [-0.2, -0.15) is 0 Å². The second-order valence-corrected chi connectivity index (χ2v) is 16.1. The lowest BCUT2D eigenvalue weighted by molar-refractivity contribution is -0.943. The Morgan fingerprint density at radius 3 is 1.93 bits per heavy atom. The Labute approximate surface area is 265 Å². The van der Waals surface area contributed by atoms with Crippen molar-refractivity contribution in [3.63, 3.8) is 0 Å². The fraction of sp³-hybridized carbons (Fsp3) is 0.970. The molecule has 0 radical (unpaired) electrons. The van der Waals surface area contributed by atoms with E-state index in [1.807, 2.05) is 0 Å². The van der Waals surface area contributed by atoms with Crippen molar-refractivity contribution in [2.45, 2.75) is 129 Å². The van der Waals surface area contributed by atoms with Crippen molar-refractivity contribution in [3.05, 3.63) is 0 Å². The molecule has 0 aromatic rings. The molecule has 5 nitrogen and oxygen atoms in total. The van der Waals surface area contributed by atoms with Gasteiger partial charge in [0.25, 0.3) is 0 Å². The Hall–Kier alpha value is 0.310. The van der Waals surface area contributed by atoms with Crippen molar-refractivity contribution in [2.75, 3.05) is 40.3 Å². The normalized spacial score (nSPS) is 47.4. The van der Waals surface area contributed by atoms with Crippen molar-refractivity contribution >= 4 is 5.97 Å². The van der Waals surface area contributed by atoms with Gasteiger partial charge in [-0.05, 0) is 99.7 Å². The van der Waals surface area contributed by atoms with E-state index in [0.29, 0.717) is 29.3 Å². The number of hydrogen-bond donors (Lipinski definition) is 1. The topological polar surface area (TPSA) is 46.5 Å². The molecule has 0 bridgehead atoms. The van der Waals surface area contributed by atoms with Crippen molar-refractivity contribution < 1.29 is 57.6 Å². The lowest BCUT2D eigenvalue weighted by Gasteiger charge is -2.63. The summed E-state index contributed by atoms with van der Waals surface area (Å²) in [6.45, 7) is 11.7. The standard InChI is InChI=1S/C33H58N2O3.2BrH/c1-23(36)38-30-20-24-12-13-25-26(33(24,3)22-29(30)35(5)18-10-7-11-19-35)14-15-32(2)27(25)21-28(31(32)37)34(4)16-8-6-9-17-34;;/h24-31,37H,6-22H2,1-5H3;2*1H/q+2;;/p-2/t24-,25+,26-,27-,28-,29-,30-,31-,32-,33-;;/m0../s1. The minimum Gasteiger partial charge on any atom is -1.00 e. The van der Waals surface area contributed by atoms with Gasteiger partial charge in [-0.1, -0.05) is 13.8 Å². The van der Waals surface area contributed by atoms with Gasteiger partial charge < -0.3 is 52.8 Å². The van der Waals surface area contributed by atoms with Crippen LogP contribution in [-0.4, -0.2) is 84.6 Å². The first-order valence-corrected chi connectivity index (χ1v) is 16.5. The summed E-state index contributed by atoms with van der Waals surface area (Å²) in [5.41, 5.74) is 0.421. The van der Waals surface area contributed by atoms with Crippen LogP contribution in [0.15, 0.2) is 0 Å². The number of piperidine rings is 2. The quantitative estimate of drug-likeness (QED) is 0.323. The van der Waals surface area contributed by atoms with Gasteiger partial charge in [0.2, 0.25) is 0 Å². The number of nitrogens with zero attached hydrogens (tertiary/aromatic N) is 2. The molecule has 6 rings (SSSR count). The first-order valence-electron chi connectivity index (χ1n) is 16.5. The monoisotopic (exact) mass is 688 g/mol. The number of quaternary nitrogens is 2. The van der Waals surface area contributed by atoms with Crippen LogP contribution in [0.4, 0.5) is 0 Å². The molecule has 2 heterocycles. The number of halogens is 2. The number of hydrogen-bond acceptors (Lipinski definition) is 3. The maximum atomic E-state index is 12.2.